The van der Waals surface area contributed by atoms with Crippen molar-refractivity contribution in [2.24, 2.45) is 12.5 Å². The van der Waals surface area contributed by atoms with Crippen LogP contribution in [0.3, 0.4) is 0 Å². The van der Waals surface area contributed by atoms with Crippen LogP contribution in [-0.2, 0) is 34.5 Å². The zero-order valence-electron chi connectivity index (χ0n) is 21.2. The predicted octanol–water partition coefficient (Wildman–Crippen LogP) is 2.12. The Morgan fingerprint density at radius 2 is 2.05 bits per heavy atom. The first-order valence-corrected chi connectivity index (χ1v) is 12.8. The lowest BCUT2D eigenvalue weighted by atomic mass is 9.78. The quantitative estimate of drug-likeness (QED) is 0.475. The van der Waals surface area contributed by atoms with Crippen LogP contribution in [0.1, 0.15) is 34.3 Å². The first-order valence-electron chi connectivity index (χ1n) is 12.8. The lowest BCUT2D eigenvalue weighted by Crippen LogP contribution is -2.65. The molecule has 3 aromatic rings. The molecule has 1 spiro atoms. The summed E-state index contributed by atoms with van der Waals surface area (Å²) >= 11 is 0. The summed E-state index contributed by atoms with van der Waals surface area (Å²) in [4.78, 5) is 45.6. The normalized spacial score (nSPS) is 19.0. The van der Waals surface area contributed by atoms with E-state index in [4.69, 9.17) is 9.72 Å². The highest BCUT2D eigenvalue weighted by atomic mass is 16.5. The highest BCUT2D eigenvalue weighted by Gasteiger charge is 2.48. The van der Waals surface area contributed by atoms with Gasteiger partial charge >= 0.3 is 0 Å². The minimum Gasteiger partial charge on any atom is -0.380 e. The maximum Gasteiger partial charge on any atom is 0.255 e. The summed E-state index contributed by atoms with van der Waals surface area (Å²) in [5.74, 6) is -0.441. The number of nitrogens with one attached hydrogen (secondary N) is 1. The Kier molecular flexibility index (Phi) is 5.84. The van der Waals surface area contributed by atoms with Crippen LogP contribution in [0.2, 0.25) is 0 Å². The maximum absolute atomic E-state index is 13.2. The molecule has 5 heterocycles. The van der Waals surface area contributed by atoms with Crippen molar-refractivity contribution in [1.29, 1.82) is 0 Å². The minimum atomic E-state index is -0.677. The number of nitrogens with zero attached hydrogens (tertiary/aromatic N) is 4. The van der Waals surface area contributed by atoms with Gasteiger partial charge in [0.05, 0.1) is 18.9 Å². The second-order valence-electron chi connectivity index (χ2n) is 10.6. The van der Waals surface area contributed by atoms with E-state index in [9.17, 15) is 14.4 Å². The molecule has 2 amide bonds. The van der Waals surface area contributed by atoms with Crippen LogP contribution >= 0.6 is 0 Å². The molecule has 0 radical (unpaired) electrons. The van der Waals surface area contributed by atoms with Crippen molar-refractivity contribution in [3.05, 3.63) is 53.2 Å². The summed E-state index contributed by atoms with van der Waals surface area (Å²) in [6.45, 7) is 5.05. The molecular formula is C28H31N5O4. The number of aldehydes is 1. The topological polar surface area (TPSA) is 96.8 Å². The predicted molar refractivity (Wildman–Crippen MR) is 138 cm³/mol. The Labute approximate surface area is 215 Å². The molecule has 3 aliphatic rings. The zero-order valence-corrected chi connectivity index (χ0v) is 21.2. The number of ether oxygens (including phenoxy) is 1. The molecule has 0 aliphatic carbocycles. The summed E-state index contributed by atoms with van der Waals surface area (Å²) in [5, 5.41) is 3.78. The molecule has 2 saturated heterocycles. The molecule has 9 nitrogen and oxygen atoms in total. The number of aryl methyl sites for hydroxylation is 1. The highest BCUT2D eigenvalue weighted by Crippen LogP contribution is 2.39. The Morgan fingerprint density at radius 1 is 1.24 bits per heavy atom. The Balaban J connectivity index is 1.30. The number of carbonyl (C=O) groups is 3. The second kappa shape index (κ2) is 9.08. The van der Waals surface area contributed by atoms with Crippen LogP contribution in [0.5, 0.6) is 0 Å². The number of fused-ring (bicyclic) bond motifs is 2. The van der Waals surface area contributed by atoms with E-state index in [2.05, 4.69) is 22.3 Å². The number of pyridine rings is 1. The number of benzene rings is 1. The third-order valence-corrected chi connectivity index (χ3v) is 7.97. The lowest BCUT2D eigenvalue weighted by Gasteiger charge is -2.55. The van der Waals surface area contributed by atoms with Gasteiger partial charge in [0.1, 0.15) is 18.0 Å². The summed E-state index contributed by atoms with van der Waals surface area (Å²) in [6.07, 6.45) is 3.34. The van der Waals surface area contributed by atoms with Crippen LogP contribution < -0.4 is 5.32 Å². The average molecular weight is 502 g/mol. The lowest BCUT2D eigenvalue weighted by molar-refractivity contribution is -0.191. The van der Waals surface area contributed by atoms with Crippen LogP contribution in [0.15, 0.2) is 36.5 Å². The van der Waals surface area contributed by atoms with E-state index >= 15 is 0 Å². The zero-order chi connectivity index (χ0) is 25.7. The van der Waals surface area contributed by atoms with Gasteiger partial charge in [-0.3, -0.25) is 14.5 Å². The first-order chi connectivity index (χ1) is 17.9. The molecule has 1 N–H and O–H groups in total. The van der Waals surface area contributed by atoms with Gasteiger partial charge in [-0.15, -0.1) is 0 Å². The van der Waals surface area contributed by atoms with Gasteiger partial charge < -0.3 is 24.3 Å². The molecule has 6 rings (SSSR count). The Bertz CT molecular complexity index is 1400. The van der Waals surface area contributed by atoms with Crippen molar-refractivity contribution >= 4 is 29.1 Å². The largest absolute Gasteiger partial charge is 0.380 e. The first kappa shape index (κ1) is 23.8. The van der Waals surface area contributed by atoms with Gasteiger partial charge in [0, 0.05) is 74.8 Å². The molecule has 0 saturated carbocycles. The molecule has 192 valence electrons. The van der Waals surface area contributed by atoms with Crippen molar-refractivity contribution in [2.75, 3.05) is 33.4 Å². The summed E-state index contributed by atoms with van der Waals surface area (Å²) in [5.41, 5.74) is 5.80. The summed E-state index contributed by atoms with van der Waals surface area (Å²) in [6, 6.07) is 9.40. The molecular weight excluding hydrogens is 470 g/mol. The monoisotopic (exact) mass is 501 g/mol. The SMILES string of the molecule is CNC(=O)C(CCC=O)N1Cc2cc(-c3cc(CN4CC5(COC5)C4)c4ccn(C)c4n3)ccc2C1=O. The molecule has 3 aliphatic heterocycles. The van der Waals surface area contributed by atoms with Crippen LogP contribution in [-0.4, -0.2) is 76.8 Å². The van der Waals surface area contributed by atoms with E-state index in [1.807, 2.05) is 36.0 Å². The molecule has 2 fully saturated rings. The molecule has 0 bridgehead atoms. The van der Waals surface area contributed by atoms with E-state index < -0.39 is 6.04 Å². The number of likely N-dealkylation sites (N-methyl/N-ethyl adjacent to an activating group) is 1. The van der Waals surface area contributed by atoms with E-state index in [0.29, 0.717) is 23.9 Å². The van der Waals surface area contributed by atoms with Gasteiger partial charge in [-0.1, -0.05) is 6.07 Å². The van der Waals surface area contributed by atoms with E-state index in [-0.39, 0.29) is 18.2 Å². The molecule has 37 heavy (non-hydrogen) atoms. The third kappa shape index (κ3) is 4.02. The average Bonchev–Trinajstić information content (AvgIpc) is 3.39. The van der Waals surface area contributed by atoms with Crippen LogP contribution in [0.25, 0.3) is 22.3 Å². The van der Waals surface area contributed by atoms with Crippen molar-refractivity contribution < 1.29 is 19.1 Å². The van der Waals surface area contributed by atoms with Gasteiger partial charge in [0.25, 0.3) is 5.91 Å². The highest BCUT2D eigenvalue weighted by molar-refractivity contribution is 6.01. The fourth-order valence-electron chi connectivity index (χ4n) is 5.98. The van der Waals surface area contributed by atoms with E-state index in [0.717, 1.165) is 67.0 Å². The van der Waals surface area contributed by atoms with Crippen molar-refractivity contribution in [2.45, 2.75) is 32.0 Å². The van der Waals surface area contributed by atoms with Gasteiger partial charge in [0.15, 0.2) is 0 Å². The minimum absolute atomic E-state index is 0.181. The van der Waals surface area contributed by atoms with Crippen LogP contribution in [0, 0.1) is 5.41 Å². The van der Waals surface area contributed by atoms with Crippen molar-refractivity contribution in [3.63, 3.8) is 0 Å². The van der Waals surface area contributed by atoms with E-state index in [1.54, 1.807) is 11.9 Å². The number of hydrogen-bond acceptors (Lipinski definition) is 6. The number of rotatable bonds is 8. The molecule has 9 heteroatoms. The molecule has 1 aromatic carbocycles. The van der Waals surface area contributed by atoms with Crippen molar-refractivity contribution in [1.82, 2.24) is 24.7 Å². The van der Waals surface area contributed by atoms with Gasteiger partial charge in [-0.25, -0.2) is 4.98 Å². The number of likely N-dealkylation sites (tertiary alicyclic amines) is 1. The summed E-state index contributed by atoms with van der Waals surface area (Å²) in [7, 11) is 3.55. The van der Waals surface area contributed by atoms with Gasteiger partial charge in [-0.2, -0.15) is 0 Å². The summed E-state index contributed by atoms with van der Waals surface area (Å²) < 4.78 is 7.47. The molecule has 1 atom stereocenters. The van der Waals surface area contributed by atoms with E-state index in [1.165, 1.54) is 5.56 Å². The van der Waals surface area contributed by atoms with Crippen LogP contribution in [0.4, 0.5) is 0 Å². The number of amides is 2. The van der Waals surface area contributed by atoms with Gasteiger partial charge in [0.2, 0.25) is 5.91 Å². The number of hydrogen-bond donors (Lipinski definition) is 1. The fraction of sp³-hybridized carbons (Fsp3) is 0.429. The smallest absolute Gasteiger partial charge is 0.255 e. The third-order valence-electron chi connectivity index (χ3n) is 7.97. The number of carbonyl (C=O) groups excluding carboxylic acids is 3. The Hall–Kier alpha value is -3.56. The molecule has 2 aromatic heterocycles. The molecule has 1 unspecified atom stereocenters. The number of aromatic nitrogens is 2. The maximum atomic E-state index is 13.2. The van der Waals surface area contributed by atoms with Gasteiger partial charge in [-0.05, 0) is 41.8 Å². The fourth-order valence-corrected chi connectivity index (χ4v) is 5.98. The Morgan fingerprint density at radius 3 is 2.76 bits per heavy atom. The second-order valence-corrected chi connectivity index (χ2v) is 10.6. The standard InChI is InChI=1S/C28H31N5O4/c1-29-26(35)24(4-3-9-34)33-13-19-10-18(5-6-22(19)27(33)36)23-11-20(21-7-8-31(2)25(21)30-23)12-32-14-28(15-32)16-37-17-28/h5-11,24H,3-4,12-17H2,1-2H3,(H,29,35). The van der Waals surface area contributed by atoms with Crippen molar-refractivity contribution in [3.8, 4) is 11.3 Å².